The summed E-state index contributed by atoms with van der Waals surface area (Å²) in [4.78, 5) is 11.6. The van der Waals surface area contributed by atoms with Crippen LogP contribution in [0.4, 0.5) is 0 Å². The predicted molar refractivity (Wildman–Crippen MR) is 58.2 cm³/mol. The molecule has 0 saturated carbocycles. The van der Waals surface area contributed by atoms with Crippen LogP contribution >= 0.6 is 0 Å². The molecule has 1 aliphatic rings. The molecule has 3 nitrogen and oxygen atoms in total. The van der Waals surface area contributed by atoms with Gasteiger partial charge in [0.1, 0.15) is 0 Å². The number of hydrogen-bond donors (Lipinski definition) is 0. The summed E-state index contributed by atoms with van der Waals surface area (Å²) in [7, 11) is 1.72. The summed E-state index contributed by atoms with van der Waals surface area (Å²) < 4.78 is 7.22. The third kappa shape index (κ3) is 2.12. The number of carbonyl (C=O) groups excluding carboxylic acids is 1. The third-order valence-corrected chi connectivity index (χ3v) is 2.94. The first-order valence-electron chi connectivity index (χ1n) is 5.53. The number of hydrogen-bond acceptors (Lipinski definition) is 2. The molecular weight excluding hydrogens is 190 g/mol. The van der Waals surface area contributed by atoms with Gasteiger partial charge in [-0.15, -0.1) is 0 Å². The standard InChI is InChI=1S/C12H17NO2/c1-15-9-3-7-13-8-6-10-11(13)4-2-5-12(10)14/h6,8H,2-5,7,9H2,1H3. The van der Waals surface area contributed by atoms with Gasteiger partial charge in [0.05, 0.1) is 0 Å². The first-order valence-corrected chi connectivity index (χ1v) is 5.53. The number of ketones is 1. The Morgan fingerprint density at radius 1 is 1.47 bits per heavy atom. The number of rotatable bonds is 4. The van der Waals surface area contributed by atoms with Gasteiger partial charge in [-0.05, 0) is 25.3 Å². The molecule has 0 N–H and O–H groups in total. The number of aromatic nitrogens is 1. The molecule has 0 aromatic carbocycles. The second-order valence-corrected chi connectivity index (χ2v) is 3.99. The lowest BCUT2D eigenvalue weighted by atomic mass is 9.97. The molecule has 1 heterocycles. The predicted octanol–water partition coefficient (Wildman–Crippen LogP) is 2.04. The maximum atomic E-state index is 11.6. The van der Waals surface area contributed by atoms with Crippen LogP contribution in [0.3, 0.4) is 0 Å². The van der Waals surface area contributed by atoms with E-state index < -0.39 is 0 Å². The molecular formula is C12H17NO2. The van der Waals surface area contributed by atoms with Gasteiger partial charge in [-0.1, -0.05) is 0 Å². The molecule has 82 valence electrons. The van der Waals surface area contributed by atoms with Crippen LogP contribution in [-0.4, -0.2) is 24.1 Å². The van der Waals surface area contributed by atoms with Gasteiger partial charge in [0.2, 0.25) is 0 Å². The second kappa shape index (κ2) is 4.62. The van der Waals surface area contributed by atoms with Crippen molar-refractivity contribution in [1.29, 1.82) is 0 Å². The summed E-state index contributed by atoms with van der Waals surface area (Å²) in [6, 6.07) is 1.96. The van der Waals surface area contributed by atoms with Crippen molar-refractivity contribution in [2.45, 2.75) is 32.2 Å². The minimum atomic E-state index is 0.307. The summed E-state index contributed by atoms with van der Waals surface area (Å²) in [5.74, 6) is 0.307. The highest BCUT2D eigenvalue weighted by Crippen LogP contribution is 2.22. The van der Waals surface area contributed by atoms with Gasteiger partial charge >= 0.3 is 0 Å². The molecule has 0 amide bonds. The van der Waals surface area contributed by atoms with Gasteiger partial charge in [-0.2, -0.15) is 0 Å². The van der Waals surface area contributed by atoms with Crippen LogP contribution in [0.2, 0.25) is 0 Å². The zero-order valence-corrected chi connectivity index (χ0v) is 9.16. The van der Waals surface area contributed by atoms with Crippen molar-refractivity contribution in [3.63, 3.8) is 0 Å². The maximum Gasteiger partial charge on any atom is 0.164 e. The molecule has 0 spiro atoms. The van der Waals surface area contributed by atoms with Gasteiger partial charge in [-0.3, -0.25) is 4.79 Å². The number of methoxy groups -OCH3 is 1. The molecule has 0 unspecified atom stereocenters. The molecule has 0 atom stereocenters. The van der Waals surface area contributed by atoms with Crippen LogP contribution in [0.25, 0.3) is 0 Å². The van der Waals surface area contributed by atoms with Crippen LogP contribution in [0.15, 0.2) is 12.3 Å². The molecule has 1 aromatic rings. The van der Waals surface area contributed by atoms with Crippen LogP contribution in [-0.2, 0) is 17.7 Å². The summed E-state index contributed by atoms with van der Waals surface area (Å²) >= 11 is 0. The van der Waals surface area contributed by atoms with E-state index in [1.807, 2.05) is 12.3 Å². The highest BCUT2D eigenvalue weighted by Gasteiger charge is 2.19. The lowest BCUT2D eigenvalue weighted by molar-refractivity contribution is 0.0971. The number of carbonyl (C=O) groups is 1. The van der Waals surface area contributed by atoms with E-state index in [4.69, 9.17) is 4.74 Å². The van der Waals surface area contributed by atoms with E-state index in [1.54, 1.807) is 7.11 Å². The summed E-state index contributed by atoms with van der Waals surface area (Å²) in [5.41, 5.74) is 2.17. The number of nitrogens with zero attached hydrogens (tertiary/aromatic N) is 1. The SMILES string of the molecule is COCCCn1ccc2c1CCCC2=O. The number of ether oxygens (including phenoxy) is 1. The maximum absolute atomic E-state index is 11.6. The highest BCUT2D eigenvalue weighted by atomic mass is 16.5. The Labute approximate surface area is 90.0 Å². The highest BCUT2D eigenvalue weighted by molar-refractivity contribution is 5.98. The smallest absolute Gasteiger partial charge is 0.164 e. The van der Waals surface area contributed by atoms with Gasteiger partial charge in [0.15, 0.2) is 5.78 Å². The Bertz CT molecular complexity index is 355. The van der Waals surface area contributed by atoms with Crippen LogP contribution in [0, 0.1) is 0 Å². The monoisotopic (exact) mass is 207 g/mol. The van der Waals surface area contributed by atoms with Crippen molar-refractivity contribution in [2.24, 2.45) is 0 Å². The minimum absolute atomic E-state index is 0.307. The Morgan fingerprint density at radius 2 is 2.33 bits per heavy atom. The Hall–Kier alpha value is -1.09. The molecule has 3 heteroatoms. The fourth-order valence-corrected chi connectivity index (χ4v) is 2.18. The second-order valence-electron chi connectivity index (χ2n) is 3.99. The van der Waals surface area contributed by atoms with E-state index in [0.717, 1.165) is 44.4 Å². The normalized spacial score (nSPS) is 15.4. The quantitative estimate of drug-likeness (QED) is 0.707. The van der Waals surface area contributed by atoms with E-state index in [-0.39, 0.29) is 0 Å². The van der Waals surface area contributed by atoms with E-state index in [0.29, 0.717) is 5.78 Å². The van der Waals surface area contributed by atoms with Gasteiger partial charge in [0.25, 0.3) is 0 Å². The third-order valence-electron chi connectivity index (χ3n) is 2.94. The number of fused-ring (bicyclic) bond motifs is 1. The van der Waals surface area contributed by atoms with Crippen molar-refractivity contribution in [2.75, 3.05) is 13.7 Å². The average Bonchev–Trinajstić information content (AvgIpc) is 2.64. The lowest BCUT2D eigenvalue weighted by Gasteiger charge is -2.14. The van der Waals surface area contributed by atoms with Crippen molar-refractivity contribution in [3.05, 3.63) is 23.5 Å². The fraction of sp³-hybridized carbons (Fsp3) is 0.583. The average molecular weight is 207 g/mol. The Morgan fingerprint density at radius 3 is 3.13 bits per heavy atom. The van der Waals surface area contributed by atoms with E-state index in [1.165, 1.54) is 5.69 Å². The van der Waals surface area contributed by atoms with Crippen LogP contribution in [0.1, 0.15) is 35.3 Å². The largest absolute Gasteiger partial charge is 0.385 e. The van der Waals surface area contributed by atoms with Crippen molar-refractivity contribution in [1.82, 2.24) is 4.57 Å². The molecule has 0 saturated heterocycles. The molecule has 1 aromatic heterocycles. The van der Waals surface area contributed by atoms with Gasteiger partial charge in [-0.25, -0.2) is 0 Å². The molecule has 0 bridgehead atoms. The van der Waals surface area contributed by atoms with Crippen molar-refractivity contribution >= 4 is 5.78 Å². The number of aryl methyl sites for hydroxylation is 1. The zero-order chi connectivity index (χ0) is 10.7. The summed E-state index contributed by atoms with van der Waals surface area (Å²) in [6.45, 7) is 1.73. The first-order chi connectivity index (χ1) is 7.33. The first kappa shape index (κ1) is 10.4. The van der Waals surface area contributed by atoms with E-state index in [9.17, 15) is 4.79 Å². The van der Waals surface area contributed by atoms with Gasteiger partial charge < -0.3 is 9.30 Å². The van der Waals surface area contributed by atoms with Crippen LogP contribution < -0.4 is 0 Å². The topological polar surface area (TPSA) is 31.2 Å². The zero-order valence-electron chi connectivity index (χ0n) is 9.16. The Balaban J connectivity index is 2.09. The molecule has 15 heavy (non-hydrogen) atoms. The van der Waals surface area contributed by atoms with Crippen molar-refractivity contribution in [3.8, 4) is 0 Å². The van der Waals surface area contributed by atoms with Gasteiger partial charge in [0, 0.05) is 44.1 Å². The summed E-state index contributed by atoms with van der Waals surface area (Å²) in [6.07, 6.45) is 5.80. The molecule has 0 radical (unpaired) electrons. The fourth-order valence-electron chi connectivity index (χ4n) is 2.18. The lowest BCUT2D eigenvalue weighted by Crippen LogP contribution is -2.13. The van der Waals surface area contributed by atoms with E-state index in [2.05, 4.69) is 4.57 Å². The minimum Gasteiger partial charge on any atom is -0.385 e. The van der Waals surface area contributed by atoms with Crippen LogP contribution in [0.5, 0.6) is 0 Å². The molecule has 0 fully saturated rings. The number of Topliss-reactive ketones (excluding diaryl/α,β-unsaturated/α-hetero) is 1. The van der Waals surface area contributed by atoms with Crippen molar-refractivity contribution < 1.29 is 9.53 Å². The molecule has 1 aliphatic carbocycles. The Kier molecular flexibility index (Phi) is 3.21. The summed E-state index contributed by atoms with van der Waals surface area (Å²) in [5, 5.41) is 0. The van der Waals surface area contributed by atoms with E-state index >= 15 is 0 Å². The molecule has 2 rings (SSSR count). The molecule has 0 aliphatic heterocycles.